The molecule has 1 N–H and O–H groups in total. The lowest BCUT2D eigenvalue weighted by molar-refractivity contribution is -0.143. The van der Waals surface area contributed by atoms with Crippen LogP contribution in [-0.2, 0) is 9.59 Å². The first-order valence-corrected chi connectivity index (χ1v) is 6.62. The largest absolute Gasteiger partial charge is 0.314 e. The normalized spacial score (nSPS) is 38.7. The summed E-state index contributed by atoms with van der Waals surface area (Å²) < 4.78 is 0. The number of nitrogens with zero attached hydrogens (tertiary/aromatic N) is 1. The molecule has 2 heterocycles. The lowest BCUT2D eigenvalue weighted by Crippen LogP contribution is -2.39. The van der Waals surface area contributed by atoms with E-state index in [1.54, 1.807) is 0 Å². The molecule has 94 valence electrons. The van der Waals surface area contributed by atoms with Gasteiger partial charge in [-0.1, -0.05) is 13.8 Å². The van der Waals surface area contributed by atoms with Crippen molar-refractivity contribution in [1.29, 1.82) is 0 Å². The standard InChI is InChI=1S/C13H20N2O2/c1-13(2)9-10(13)12(17)15(11(9)16)7-5-8-4-3-6-14-8/h8-10,14H,3-7H2,1-2H3. The number of likely N-dealkylation sites (tertiary alicyclic amines) is 1. The Bertz CT molecular complexity index is 348. The highest BCUT2D eigenvalue weighted by Crippen LogP contribution is 2.63. The maximum atomic E-state index is 12.1. The third-order valence-electron chi connectivity index (χ3n) is 4.76. The molecule has 3 unspecified atom stereocenters. The van der Waals surface area contributed by atoms with Gasteiger partial charge in [-0.15, -0.1) is 0 Å². The SMILES string of the molecule is CC1(C)C2C(=O)N(CCC3CCCN3)C(=O)C21. The van der Waals surface area contributed by atoms with Crippen molar-refractivity contribution >= 4 is 11.8 Å². The van der Waals surface area contributed by atoms with E-state index in [4.69, 9.17) is 0 Å². The van der Waals surface area contributed by atoms with Crippen molar-refractivity contribution in [3.8, 4) is 0 Å². The maximum absolute atomic E-state index is 12.1. The van der Waals surface area contributed by atoms with Gasteiger partial charge in [0, 0.05) is 12.6 Å². The van der Waals surface area contributed by atoms with E-state index in [0.29, 0.717) is 12.6 Å². The summed E-state index contributed by atoms with van der Waals surface area (Å²) in [5, 5.41) is 3.40. The number of hydrogen-bond acceptors (Lipinski definition) is 3. The summed E-state index contributed by atoms with van der Waals surface area (Å²) in [4.78, 5) is 25.6. The Balaban J connectivity index is 1.59. The van der Waals surface area contributed by atoms with Gasteiger partial charge in [-0.2, -0.15) is 0 Å². The number of hydrogen-bond donors (Lipinski definition) is 1. The Morgan fingerprint density at radius 3 is 2.47 bits per heavy atom. The first-order valence-electron chi connectivity index (χ1n) is 6.62. The second kappa shape index (κ2) is 3.55. The van der Waals surface area contributed by atoms with Crippen LogP contribution >= 0.6 is 0 Å². The minimum Gasteiger partial charge on any atom is -0.314 e. The fourth-order valence-electron chi connectivity index (χ4n) is 3.51. The van der Waals surface area contributed by atoms with Crippen molar-refractivity contribution in [2.45, 2.75) is 39.2 Å². The number of piperidine rings is 1. The van der Waals surface area contributed by atoms with E-state index in [-0.39, 0.29) is 29.1 Å². The smallest absolute Gasteiger partial charge is 0.233 e. The fraction of sp³-hybridized carbons (Fsp3) is 0.846. The number of amides is 2. The Labute approximate surface area is 102 Å². The number of carbonyl (C=O) groups excluding carboxylic acids is 2. The molecule has 3 rings (SSSR count). The Hall–Kier alpha value is -0.900. The van der Waals surface area contributed by atoms with Gasteiger partial charge in [-0.25, -0.2) is 0 Å². The van der Waals surface area contributed by atoms with E-state index in [1.165, 1.54) is 17.7 Å². The van der Waals surface area contributed by atoms with E-state index in [0.717, 1.165) is 13.0 Å². The predicted octanol–water partition coefficient (Wildman–Crippen LogP) is 0.769. The second-order valence-electron chi connectivity index (χ2n) is 6.19. The first kappa shape index (κ1) is 11.2. The number of carbonyl (C=O) groups is 2. The van der Waals surface area contributed by atoms with Gasteiger partial charge < -0.3 is 5.32 Å². The average Bonchev–Trinajstić information content (AvgIpc) is 2.67. The molecule has 4 nitrogen and oxygen atoms in total. The summed E-state index contributed by atoms with van der Waals surface area (Å²) in [7, 11) is 0. The van der Waals surface area contributed by atoms with Crippen LogP contribution in [0.5, 0.6) is 0 Å². The minimum absolute atomic E-state index is 0.0217. The lowest BCUT2D eigenvalue weighted by atomic mass is 10.0. The summed E-state index contributed by atoms with van der Waals surface area (Å²) in [6, 6.07) is 0.500. The van der Waals surface area contributed by atoms with Gasteiger partial charge in [-0.05, 0) is 31.2 Å². The molecule has 0 aromatic heterocycles. The highest BCUT2D eigenvalue weighted by Gasteiger charge is 2.72. The molecular weight excluding hydrogens is 216 g/mol. The van der Waals surface area contributed by atoms with Crippen LogP contribution in [0, 0.1) is 17.3 Å². The van der Waals surface area contributed by atoms with Crippen LogP contribution in [0.1, 0.15) is 33.1 Å². The zero-order valence-corrected chi connectivity index (χ0v) is 10.5. The zero-order chi connectivity index (χ0) is 12.2. The van der Waals surface area contributed by atoms with Crippen molar-refractivity contribution in [3.05, 3.63) is 0 Å². The molecule has 0 spiro atoms. The van der Waals surface area contributed by atoms with Crippen LogP contribution in [0.3, 0.4) is 0 Å². The molecule has 1 aliphatic carbocycles. The summed E-state index contributed by atoms with van der Waals surface area (Å²) in [5.41, 5.74) is -0.0731. The van der Waals surface area contributed by atoms with E-state index >= 15 is 0 Å². The molecule has 17 heavy (non-hydrogen) atoms. The monoisotopic (exact) mass is 236 g/mol. The predicted molar refractivity (Wildman–Crippen MR) is 63.1 cm³/mol. The topological polar surface area (TPSA) is 49.4 Å². The van der Waals surface area contributed by atoms with Crippen LogP contribution in [0.15, 0.2) is 0 Å². The third kappa shape index (κ3) is 1.53. The van der Waals surface area contributed by atoms with Gasteiger partial charge in [-0.3, -0.25) is 14.5 Å². The summed E-state index contributed by atoms with van der Waals surface area (Å²) in [5.74, 6) is 0.101. The molecule has 3 fully saturated rings. The number of fused-ring (bicyclic) bond motifs is 1. The molecule has 0 radical (unpaired) electrons. The Morgan fingerprint density at radius 1 is 1.29 bits per heavy atom. The highest BCUT2D eigenvalue weighted by molar-refractivity contribution is 6.10. The van der Waals surface area contributed by atoms with Crippen LogP contribution in [0.2, 0.25) is 0 Å². The molecule has 2 amide bonds. The Morgan fingerprint density at radius 2 is 1.94 bits per heavy atom. The molecule has 0 bridgehead atoms. The lowest BCUT2D eigenvalue weighted by Gasteiger charge is -2.22. The first-order chi connectivity index (χ1) is 8.03. The van der Waals surface area contributed by atoms with Crippen molar-refractivity contribution in [1.82, 2.24) is 10.2 Å². The van der Waals surface area contributed by atoms with Gasteiger partial charge in [0.25, 0.3) is 0 Å². The van der Waals surface area contributed by atoms with Crippen LogP contribution in [-0.4, -0.2) is 35.8 Å². The van der Waals surface area contributed by atoms with E-state index in [9.17, 15) is 9.59 Å². The van der Waals surface area contributed by atoms with E-state index < -0.39 is 0 Å². The molecule has 2 aliphatic heterocycles. The molecule has 1 saturated carbocycles. The number of nitrogens with one attached hydrogen (secondary N) is 1. The quantitative estimate of drug-likeness (QED) is 0.736. The molecular formula is C13H20N2O2. The summed E-state index contributed by atoms with van der Waals surface area (Å²) in [6.07, 6.45) is 3.30. The zero-order valence-electron chi connectivity index (χ0n) is 10.5. The van der Waals surface area contributed by atoms with Crippen molar-refractivity contribution in [2.75, 3.05) is 13.1 Å². The maximum Gasteiger partial charge on any atom is 0.233 e. The van der Waals surface area contributed by atoms with Gasteiger partial charge in [0.15, 0.2) is 0 Å². The molecule has 2 saturated heterocycles. The van der Waals surface area contributed by atoms with Gasteiger partial charge in [0.2, 0.25) is 11.8 Å². The minimum atomic E-state index is -0.0731. The van der Waals surface area contributed by atoms with Gasteiger partial charge in [0.1, 0.15) is 0 Å². The van der Waals surface area contributed by atoms with E-state index in [1.807, 2.05) is 13.8 Å². The van der Waals surface area contributed by atoms with Gasteiger partial charge >= 0.3 is 0 Å². The molecule has 3 atom stereocenters. The summed E-state index contributed by atoms with van der Waals surface area (Å²) >= 11 is 0. The molecule has 3 aliphatic rings. The van der Waals surface area contributed by atoms with Crippen molar-refractivity contribution in [3.63, 3.8) is 0 Å². The van der Waals surface area contributed by atoms with Gasteiger partial charge in [0.05, 0.1) is 11.8 Å². The van der Waals surface area contributed by atoms with Crippen LogP contribution < -0.4 is 5.32 Å². The molecule has 4 heteroatoms. The fourth-order valence-corrected chi connectivity index (χ4v) is 3.51. The van der Waals surface area contributed by atoms with Crippen molar-refractivity contribution in [2.24, 2.45) is 17.3 Å². The summed E-state index contributed by atoms with van der Waals surface area (Å²) in [6.45, 7) is 5.73. The van der Waals surface area contributed by atoms with Crippen LogP contribution in [0.4, 0.5) is 0 Å². The Kier molecular flexibility index (Phi) is 2.34. The second-order valence-corrected chi connectivity index (χ2v) is 6.19. The number of rotatable bonds is 3. The average molecular weight is 236 g/mol. The van der Waals surface area contributed by atoms with E-state index in [2.05, 4.69) is 5.32 Å². The highest BCUT2D eigenvalue weighted by atomic mass is 16.2. The molecule has 0 aromatic carbocycles. The number of imide groups is 1. The third-order valence-corrected chi connectivity index (χ3v) is 4.76. The van der Waals surface area contributed by atoms with Crippen LogP contribution in [0.25, 0.3) is 0 Å². The molecule has 0 aromatic rings. The van der Waals surface area contributed by atoms with Crippen molar-refractivity contribution < 1.29 is 9.59 Å².